The summed E-state index contributed by atoms with van der Waals surface area (Å²) in [6, 6.07) is 7.25. The minimum absolute atomic E-state index is 0.00730. The number of hydrazine groups is 1. The van der Waals surface area contributed by atoms with Crippen LogP contribution in [0.4, 0.5) is 17.2 Å². The summed E-state index contributed by atoms with van der Waals surface area (Å²) in [6.45, 7) is 1.57. The third-order valence-electron chi connectivity index (χ3n) is 7.79. The van der Waals surface area contributed by atoms with E-state index in [0.717, 1.165) is 57.2 Å². The largest absolute Gasteiger partial charge is 0.494 e. The fourth-order valence-electron chi connectivity index (χ4n) is 5.66. The zero-order valence-electron chi connectivity index (χ0n) is 21.7. The van der Waals surface area contributed by atoms with E-state index in [9.17, 15) is 9.59 Å². The summed E-state index contributed by atoms with van der Waals surface area (Å²) in [5, 5.41) is 7.77. The van der Waals surface area contributed by atoms with Gasteiger partial charge in [-0.3, -0.25) is 9.59 Å². The molecule has 1 unspecified atom stereocenters. The molecule has 3 fully saturated rings. The molecule has 10 heteroatoms. The Morgan fingerprint density at radius 2 is 2.05 bits per heavy atom. The van der Waals surface area contributed by atoms with Crippen molar-refractivity contribution >= 4 is 35.1 Å². The van der Waals surface area contributed by atoms with Gasteiger partial charge in [-0.05, 0) is 50.7 Å². The molecule has 2 atom stereocenters. The maximum atomic E-state index is 12.2. The zero-order valence-corrected chi connectivity index (χ0v) is 21.7. The van der Waals surface area contributed by atoms with E-state index in [1.165, 1.54) is 12.6 Å². The Bertz CT molecular complexity index is 1220. The highest BCUT2D eigenvalue weighted by atomic mass is 16.5. The van der Waals surface area contributed by atoms with Crippen LogP contribution in [0.15, 0.2) is 36.7 Å². The average molecular weight is 521 g/mol. The van der Waals surface area contributed by atoms with Gasteiger partial charge >= 0.3 is 0 Å². The highest BCUT2D eigenvalue weighted by Gasteiger charge is 2.46. The van der Waals surface area contributed by atoms with Crippen molar-refractivity contribution in [3.05, 3.63) is 47.8 Å². The van der Waals surface area contributed by atoms with Crippen molar-refractivity contribution in [2.75, 3.05) is 30.9 Å². The van der Waals surface area contributed by atoms with Crippen molar-refractivity contribution in [1.82, 2.24) is 9.99 Å². The van der Waals surface area contributed by atoms with Gasteiger partial charge in [0.2, 0.25) is 5.91 Å². The Balaban J connectivity index is 1.33. The number of hydrogen-bond donors (Lipinski definition) is 4. The molecule has 2 saturated carbocycles. The van der Waals surface area contributed by atoms with Gasteiger partial charge in [0.1, 0.15) is 11.6 Å². The van der Waals surface area contributed by atoms with Crippen LogP contribution >= 0.6 is 0 Å². The van der Waals surface area contributed by atoms with Crippen LogP contribution in [0.5, 0.6) is 5.75 Å². The number of carbonyl (C=O) groups is 2. The second-order valence-electron chi connectivity index (χ2n) is 10.4. The molecule has 0 bridgehead atoms. The second kappa shape index (κ2) is 11.0. The number of anilines is 3. The number of methoxy groups -OCH3 is 1. The highest BCUT2D eigenvalue weighted by molar-refractivity contribution is 6.00. The highest BCUT2D eigenvalue weighted by Crippen LogP contribution is 2.45. The van der Waals surface area contributed by atoms with Gasteiger partial charge in [0.05, 0.1) is 29.6 Å². The zero-order chi connectivity index (χ0) is 26.7. The first-order valence-corrected chi connectivity index (χ1v) is 13.3. The third kappa shape index (κ3) is 5.61. The van der Waals surface area contributed by atoms with Gasteiger partial charge in [0, 0.05) is 49.0 Å². The number of nitrogens with two attached hydrogens (primary N) is 2. The number of para-hydroxylation sites is 1. The van der Waals surface area contributed by atoms with Crippen LogP contribution in [0.1, 0.15) is 60.9 Å². The SMILES string of the molecule is COc1c(/C=C/N(N)CC2CCC[C@]23CCCO3)cccc1Nc1cc(NC(=O)C2CC2)ncc1C(N)=O. The van der Waals surface area contributed by atoms with Crippen LogP contribution < -0.4 is 26.9 Å². The standard InChI is InChI=1S/C28H36N6O4/c1-37-25-18(10-13-34(30)17-20-6-3-11-28(20)12-4-14-38-28)5-2-7-22(25)32-23-15-24(31-16-21(23)26(29)35)33-27(36)19-8-9-19/h2,5,7,10,13,15-16,19-20H,3-4,6,8-9,11-12,14,17,30H2,1H3,(H2,29,35)(H2,31,32,33,36)/b13-10+/t20?,28-/m0/s1. The van der Waals surface area contributed by atoms with E-state index in [0.29, 0.717) is 28.9 Å². The van der Waals surface area contributed by atoms with Crippen molar-refractivity contribution in [3.63, 3.8) is 0 Å². The fourth-order valence-corrected chi connectivity index (χ4v) is 5.66. The van der Waals surface area contributed by atoms with Crippen LogP contribution in [0.25, 0.3) is 6.08 Å². The fraction of sp³-hybridized carbons (Fsp3) is 0.464. The lowest BCUT2D eigenvalue weighted by molar-refractivity contribution is -0.117. The summed E-state index contributed by atoms with van der Waals surface area (Å²) >= 11 is 0. The number of pyridine rings is 1. The molecule has 0 radical (unpaired) electrons. The molecule has 1 aromatic heterocycles. The van der Waals surface area contributed by atoms with Gasteiger partial charge in [-0.15, -0.1) is 0 Å². The van der Waals surface area contributed by atoms with Gasteiger partial charge in [-0.25, -0.2) is 10.8 Å². The molecule has 1 aliphatic heterocycles. The van der Waals surface area contributed by atoms with Crippen LogP contribution in [-0.2, 0) is 9.53 Å². The maximum absolute atomic E-state index is 12.2. The number of primary amides is 1. The van der Waals surface area contributed by atoms with E-state index >= 15 is 0 Å². The molecule has 6 N–H and O–H groups in total. The summed E-state index contributed by atoms with van der Waals surface area (Å²) in [5.41, 5.74) is 7.64. The summed E-state index contributed by atoms with van der Waals surface area (Å²) < 4.78 is 11.9. The molecule has 1 spiro atoms. The summed E-state index contributed by atoms with van der Waals surface area (Å²) in [5.74, 6) is 7.04. The molecule has 202 valence electrons. The molecule has 3 aliphatic rings. The summed E-state index contributed by atoms with van der Waals surface area (Å²) in [6.07, 6.45) is 12.5. The second-order valence-corrected chi connectivity index (χ2v) is 10.4. The molecule has 5 rings (SSSR count). The van der Waals surface area contributed by atoms with Gasteiger partial charge in [0.25, 0.3) is 5.91 Å². The predicted octanol–water partition coefficient (Wildman–Crippen LogP) is 3.78. The Morgan fingerprint density at radius 3 is 2.76 bits per heavy atom. The van der Waals surface area contributed by atoms with Crippen molar-refractivity contribution in [1.29, 1.82) is 0 Å². The first kappa shape index (κ1) is 26.0. The lowest BCUT2D eigenvalue weighted by Crippen LogP contribution is -2.41. The quantitative estimate of drug-likeness (QED) is 0.274. The lowest BCUT2D eigenvalue weighted by atomic mass is 9.88. The number of amides is 2. The number of carbonyl (C=O) groups excluding carboxylic acids is 2. The van der Waals surface area contributed by atoms with Gasteiger partial charge in [-0.2, -0.15) is 0 Å². The van der Waals surface area contributed by atoms with E-state index in [-0.39, 0.29) is 23.0 Å². The predicted molar refractivity (Wildman–Crippen MR) is 146 cm³/mol. The lowest BCUT2D eigenvalue weighted by Gasteiger charge is -2.32. The van der Waals surface area contributed by atoms with E-state index in [1.807, 2.05) is 30.5 Å². The number of benzene rings is 1. The van der Waals surface area contributed by atoms with E-state index < -0.39 is 5.91 Å². The Kier molecular flexibility index (Phi) is 7.53. The van der Waals surface area contributed by atoms with Crippen molar-refractivity contribution in [3.8, 4) is 5.75 Å². The molecule has 1 aromatic carbocycles. The van der Waals surface area contributed by atoms with Crippen LogP contribution in [0, 0.1) is 11.8 Å². The number of nitrogens with zero attached hydrogens (tertiary/aromatic N) is 2. The molecule has 2 heterocycles. The molecule has 2 aliphatic carbocycles. The van der Waals surface area contributed by atoms with E-state index in [1.54, 1.807) is 18.2 Å². The molecular weight excluding hydrogens is 484 g/mol. The topological polar surface area (TPSA) is 145 Å². The summed E-state index contributed by atoms with van der Waals surface area (Å²) in [4.78, 5) is 28.5. The molecule has 38 heavy (non-hydrogen) atoms. The maximum Gasteiger partial charge on any atom is 0.252 e. The molecule has 2 aromatic rings. The molecular formula is C28H36N6O4. The molecule has 1 saturated heterocycles. The number of rotatable bonds is 10. The number of aromatic nitrogens is 1. The van der Waals surface area contributed by atoms with Crippen molar-refractivity contribution in [2.45, 2.75) is 50.5 Å². The Morgan fingerprint density at radius 1 is 1.24 bits per heavy atom. The van der Waals surface area contributed by atoms with E-state index in [4.69, 9.17) is 21.1 Å². The smallest absolute Gasteiger partial charge is 0.252 e. The number of nitrogens with one attached hydrogen (secondary N) is 2. The minimum atomic E-state index is -0.634. The van der Waals surface area contributed by atoms with Gasteiger partial charge < -0.3 is 30.8 Å². The summed E-state index contributed by atoms with van der Waals surface area (Å²) in [7, 11) is 1.58. The molecule has 2 amide bonds. The monoisotopic (exact) mass is 520 g/mol. The third-order valence-corrected chi connectivity index (χ3v) is 7.79. The Hall–Kier alpha value is -3.63. The van der Waals surface area contributed by atoms with Crippen molar-refractivity contribution < 1.29 is 19.1 Å². The van der Waals surface area contributed by atoms with Crippen LogP contribution in [0.2, 0.25) is 0 Å². The normalized spacial score (nSPS) is 22.6. The van der Waals surface area contributed by atoms with Gasteiger partial charge in [-0.1, -0.05) is 18.6 Å². The van der Waals surface area contributed by atoms with Crippen LogP contribution in [-0.4, -0.2) is 47.7 Å². The minimum Gasteiger partial charge on any atom is -0.494 e. The first-order valence-electron chi connectivity index (χ1n) is 13.3. The van der Waals surface area contributed by atoms with Gasteiger partial charge in [0.15, 0.2) is 0 Å². The number of hydrogen-bond acceptors (Lipinski definition) is 8. The number of ether oxygens (including phenoxy) is 2. The Labute approximate surface area is 222 Å². The van der Waals surface area contributed by atoms with E-state index in [2.05, 4.69) is 15.6 Å². The molecule has 10 nitrogen and oxygen atoms in total. The first-order chi connectivity index (χ1) is 18.4. The van der Waals surface area contributed by atoms with Crippen LogP contribution in [0.3, 0.4) is 0 Å². The van der Waals surface area contributed by atoms with Crippen molar-refractivity contribution in [2.24, 2.45) is 23.4 Å². The average Bonchev–Trinajstić information content (AvgIpc) is 3.54.